The highest BCUT2D eigenvalue weighted by atomic mass is 32.2. The van der Waals surface area contributed by atoms with Crippen LogP contribution in [0.5, 0.6) is 0 Å². The van der Waals surface area contributed by atoms with E-state index < -0.39 is 0 Å². The number of nitriles is 1. The molecule has 0 amide bonds. The normalized spacial score (nSPS) is 18.7. The van der Waals surface area contributed by atoms with E-state index in [1.807, 2.05) is 6.08 Å². The molecule has 36 heavy (non-hydrogen) atoms. The van der Waals surface area contributed by atoms with Gasteiger partial charge in [0.25, 0.3) is 0 Å². The third-order valence-electron chi connectivity index (χ3n) is 6.04. The van der Waals surface area contributed by atoms with Gasteiger partial charge in [0.2, 0.25) is 0 Å². The maximum Gasteiger partial charge on any atom is 0.107 e. The van der Waals surface area contributed by atoms with Crippen molar-refractivity contribution in [2.45, 2.75) is 51.7 Å². The van der Waals surface area contributed by atoms with Crippen molar-refractivity contribution in [1.82, 2.24) is 10.0 Å². The molecule has 1 fully saturated rings. The Hall–Kier alpha value is -2.70. The van der Waals surface area contributed by atoms with Gasteiger partial charge in [-0.25, -0.2) is 0 Å². The van der Waals surface area contributed by atoms with Crippen molar-refractivity contribution in [2.24, 2.45) is 5.73 Å². The molecule has 2 atom stereocenters. The van der Waals surface area contributed by atoms with Crippen LogP contribution >= 0.6 is 11.9 Å². The maximum atomic E-state index is 9.71. The lowest BCUT2D eigenvalue weighted by Crippen LogP contribution is -2.35. The largest absolute Gasteiger partial charge is 0.400 e. The van der Waals surface area contributed by atoms with E-state index in [9.17, 15) is 10.4 Å². The Morgan fingerprint density at radius 2 is 1.97 bits per heavy atom. The highest BCUT2D eigenvalue weighted by molar-refractivity contribution is 8.01. The van der Waals surface area contributed by atoms with Gasteiger partial charge in [0.05, 0.1) is 12.2 Å². The number of allylic oxidation sites excluding steroid dienone is 1. The summed E-state index contributed by atoms with van der Waals surface area (Å²) in [5.74, 6) is 0. The Morgan fingerprint density at radius 3 is 2.69 bits per heavy atom. The summed E-state index contributed by atoms with van der Waals surface area (Å²) >= 11 is 1.27. The zero-order valence-corrected chi connectivity index (χ0v) is 22.2. The first-order valence-corrected chi connectivity index (χ1v) is 13.6. The van der Waals surface area contributed by atoms with Gasteiger partial charge in [-0.05, 0) is 71.8 Å². The molecule has 194 valence electrons. The molecule has 0 spiro atoms. The predicted octanol–water partition coefficient (Wildman–Crippen LogP) is 4.50. The molecule has 1 aliphatic rings. The molecule has 0 radical (unpaired) electrons. The van der Waals surface area contributed by atoms with Gasteiger partial charge in [0.1, 0.15) is 11.0 Å². The summed E-state index contributed by atoms with van der Waals surface area (Å²) in [6, 6.07) is 15.1. The highest BCUT2D eigenvalue weighted by Gasteiger charge is 2.19. The molecule has 0 aromatic heterocycles. The van der Waals surface area contributed by atoms with Crippen LogP contribution in [-0.2, 0) is 4.74 Å². The number of nitrogens with one attached hydrogen (secondary N) is 2. The van der Waals surface area contributed by atoms with E-state index in [4.69, 9.17) is 10.5 Å². The van der Waals surface area contributed by atoms with Crippen LogP contribution < -0.4 is 20.7 Å². The van der Waals surface area contributed by atoms with Crippen LogP contribution in [0.25, 0.3) is 16.8 Å². The van der Waals surface area contributed by atoms with Crippen molar-refractivity contribution < 1.29 is 9.84 Å². The quantitative estimate of drug-likeness (QED) is 0.231. The van der Waals surface area contributed by atoms with Gasteiger partial charge < -0.3 is 25.8 Å². The smallest absolute Gasteiger partial charge is 0.107 e. The van der Waals surface area contributed by atoms with Gasteiger partial charge in [-0.1, -0.05) is 32.0 Å². The van der Waals surface area contributed by atoms with Gasteiger partial charge >= 0.3 is 0 Å². The summed E-state index contributed by atoms with van der Waals surface area (Å²) in [7, 11) is 0. The van der Waals surface area contributed by atoms with Crippen molar-refractivity contribution in [3.63, 3.8) is 0 Å². The molecular formula is C28H39N5O2S. The molecule has 0 saturated carbocycles. The number of aliphatic hydroxyl groups excluding tert-OH is 1. The van der Waals surface area contributed by atoms with Crippen LogP contribution in [0.1, 0.15) is 45.1 Å². The van der Waals surface area contributed by atoms with Crippen LogP contribution in [0.2, 0.25) is 0 Å². The lowest BCUT2D eigenvalue weighted by atomic mass is 10.1. The van der Waals surface area contributed by atoms with E-state index in [1.54, 1.807) is 6.20 Å². The number of aliphatic hydroxyl groups is 1. The summed E-state index contributed by atoms with van der Waals surface area (Å²) in [6.07, 6.45) is 6.92. The Balaban J connectivity index is 1.53. The molecular weight excluding hydrogens is 470 g/mol. The summed E-state index contributed by atoms with van der Waals surface area (Å²) in [5.41, 5.74) is 8.93. The van der Waals surface area contributed by atoms with Crippen molar-refractivity contribution in [2.75, 3.05) is 37.7 Å². The third-order valence-corrected chi connectivity index (χ3v) is 6.76. The molecule has 2 unspecified atom stereocenters. The molecule has 2 aromatic carbocycles. The minimum absolute atomic E-state index is 0.00609. The number of hydrogen-bond acceptors (Lipinski definition) is 8. The SMILES string of the molecule is CCCN(CCC)c1ccc2cc(/C=C(\C#N)SNC/C(N)=C/NCC3CC(O)CCO3)ccc2c1. The standard InChI is InChI=1S/C28H39N5O2S/c1-3-10-33(11-4-2)25-8-7-22-13-21(5-6-23(22)15-25)14-28(17-29)36-32-19-24(30)18-31-20-27-16-26(34)9-12-35-27/h5-8,13-15,18,26-27,31-32,34H,3-4,9-12,16,19-20,30H2,1-2H3/b24-18-,28-14+. The second kappa shape index (κ2) is 14.8. The minimum Gasteiger partial charge on any atom is -0.400 e. The molecule has 1 saturated heterocycles. The van der Waals surface area contributed by atoms with Crippen molar-refractivity contribution in [3.8, 4) is 6.07 Å². The number of ether oxygens (including phenoxy) is 1. The Bertz CT molecular complexity index is 1080. The zero-order valence-electron chi connectivity index (χ0n) is 21.4. The average molecular weight is 510 g/mol. The summed E-state index contributed by atoms with van der Waals surface area (Å²) in [6.45, 7) is 8.16. The molecule has 1 heterocycles. The maximum absolute atomic E-state index is 9.71. The number of fused-ring (bicyclic) bond motifs is 1. The number of anilines is 1. The van der Waals surface area contributed by atoms with Crippen LogP contribution in [-0.4, -0.2) is 50.1 Å². The molecule has 0 aliphatic carbocycles. The first-order valence-electron chi connectivity index (χ1n) is 12.8. The fourth-order valence-corrected chi connectivity index (χ4v) is 4.89. The van der Waals surface area contributed by atoms with Gasteiger partial charge in [-0.2, -0.15) is 5.26 Å². The molecule has 8 heteroatoms. The second-order valence-electron chi connectivity index (χ2n) is 9.12. The fourth-order valence-electron chi connectivity index (χ4n) is 4.26. The summed E-state index contributed by atoms with van der Waals surface area (Å²) in [4.78, 5) is 3.00. The first-order chi connectivity index (χ1) is 17.5. The van der Waals surface area contributed by atoms with E-state index in [0.717, 1.165) is 36.9 Å². The van der Waals surface area contributed by atoms with E-state index >= 15 is 0 Å². The summed E-state index contributed by atoms with van der Waals surface area (Å²) in [5, 5.41) is 24.8. The molecule has 7 nitrogen and oxygen atoms in total. The van der Waals surface area contributed by atoms with Crippen LogP contribution in [0.15, 0.2) is 53.2 Å². The van der Waals surface area contributed by atoms with E-state index in [1.165, 1.54) is 23.0 Å². The zero-order chi connectivity index (χ0) is 25.8. The Morgan fingerprint density at radius 1 is 1.22 bits per heavy atom. The fraction of sp³-hybridized carbons (Fsp3) is 0.464. The van der Waals surface area contributed by atoms with Crippen molar-refractivity contribution in [1.29, 1.82) is 5.26 Å². The lowest BCUT2D eigenvalue weighted by molar-refractivity contribution is -0.0406. The van der Waals surface area contributed by atoms with Gasteiger partial charge in [-0.15, -0.1) is 0 Å². The Labute approximate surface area is 219 Å². The highest BCUT2D eigenvalue weighted by Crippen LogP contribution is 2.25. The van der Waals surface area contributed by atoms with Crippen LogP contribution in [0.4, 0.5) is 5.69 Å². The molecule has 2 aromatic rings. The number of rotatable bonds is 13. The average Bonchev–Trinajstić information content (AvgIpc) is 2.87. The van der Waals surface area contributed by atoms with Gasteiger partial charge in [0.15, 0.2) is 0 Å². The monoisotopic (exact) mass is 509 g/mol. The molecule has 0 bridgehead atoms. The summed E-state index contributed by atoms with van der Waals surface area (Å²) < 4.78 is 8.77. The molecule has 1 aliphatic heterocycles. The van der Waals surface area contributed by atoms with Gasteiger partial charge in [-0.3, -0.25) is 4.72 Å². The van der Waals surface area contributed by atoms with Crippen molar-refractivity contribution >= 4 is 34.5 Å². The minimum atomic E-state index is -0.289. The first kappa shape index (κ1) is 27.9. The topological polar surface area (TPSA) is 107 Å². The van der Waals surface area contributed by atoms with Crippen LogP contribution in [0, 0.1) is 11.3 Å². The van der Waals surface area contributed by atoms with E-state index in [2.05, 4.69) is 71.3 Å². The van der Waals surface area contributed by atoms with E-state index in [0.29, 0.717) is 43.1 Å². The molecule has 3 rings (SSSR count). The number of benzene rings is 2. The van der Waals surface area contributed by atoms with Crippen LogP contribution in [0.3, 0.4) is 0 Å². The van der Waals surface area contributed by atoms with Crippen molar-refractivity contribution in [3.05, 3.63) is 58.8 Å². The predicted molar refractivity (Wildman–Crippen MR) is 151 cm³/mol. The number of nitrogens with zero attached hydrogens (tertiary/aromatic N) is 2. The van der Waals surface area contributed by atoms with Gasteiger partial charge in [0, 0.05) is 56.8 Å². The lowest BCUT2D eigenvalue weighted by Gasteiger charge is -2.26. The number of hydrogen-bond donors (Lipinski definition) is 4. The number of nitrogens with two attached hydrogens (primary N) is 1. The van der Waals surface area contributed by atoms with E-state index in [-0.39, 0.29) is 12.2 Å². The third kappa shape index (κ3) is 8.75. The second-order valence-corrected chi connectivity index (χ2v) is 10.1. The Kier molecular flexibility index (Phi) is 11.4. The molecule has 5 N–H and O–H groups in total.